The number of hydrogen-bond acceptors (Lipinski definition) is 6. The van der Waals surface area contributed by atoms with Crippen molar-refractivity contribution >= 4 is 40.1 Å². The summed E-state index contributed by atoms with van der Waals surface area (Å²) in [5, 5.41) is 15.6. The van der Waals surface area contributed by atoms with Crippen LogP contribution >= 0.6 is 11.8 Å². The fourth-order valence-corrected chi connectivity index (χ4v) is 3.54. The third-order valence-electron chi connectivity index (χ3n) is 4.11. The molecule has 28 heavy (non-hydrogen) atoms. The van der Waals surface area contributed by atoms with E-state index in [0.29, 0.717) is 11.3 Å². The molecule has 9 heteroatoms. The quantitative estimate of drug-likeness (QED) is 0.284. The van der Waals surface area contributed by atoms with Gasteiger partial charge in [-0.2, -0.15) is 5.10 Å². The standard InChI is InChI=1S/C19H19N5O3S/c1-3-23-17-7-5-4-6-16(17)20-19(23)28-12-18(25)22-21-13(2)14-8-10-15(11-9-14)24(26)27/h4-11H,3,12H2,1-2H3,(H,22,25)/b21-13+. The van der Waals surface area contributed by atoms with E-state index in [0.717, 1.165) is 22.7 Å². The highest BCUT2D eigenvalue weighted by Gasteiger charge is 2.12. The van der Waals surface area contributed by atoms with Crippen LogP contribution in [-0.2, 0) is 11.3 Å². The second-order valence-electron chi connectivity index (χ2n) is 5.95. The second kappa shape index (κ2) is 8.66. The number of amides is 1. The maximum absolute atomic E-state index is 12.1. The number of nitrogens with zero attached hydrogens (tertiary/aromatic N) is 4. The van der Waals surface area contributed by atoms with Crippen LogP contribution in [0.3, 0.4) is 0 Å². The summed E-state index contributed by atoms with van der Waals surface area (Å²) in [5.41, 5.74) is 5.74. The van der Waals surface area contributed by atoms with Crippen molar-refractivity contribution in [3.05, 3.63) is 64.2 Å². The summed E-state index contributed by atoms with van der Waals surface area (Å²) in [7, 11) is 0. The van der Waals surface area contributed by atoms with Gasteiger partial charge in [-0.15, -0.1) is 0 Å². The molecule has 0 spiro atoms. The second-order valence-corrected chi connectivity index (χ2v) is 6.89. The molecule has 0 aliphatic carbocycles. The first-order valence-electron chi connectivity index (χ1n) is 8.65. The van der Waals surface area contributed by atoms with E-state index in [4.69, 9.17) is 0 Å². The van der Waals surface area contributed by atoms with Gasteiger partial charge in [0.2, 0.25) is 0 Å². The van der Waals surface area contributed by atoms with Gasteiger partial charge in [0.1, 0.15) is 0 Å². The minimum absolute atomic E-state index is 0.01000. The number of hydrazone groups is 1. The number of carbonyl (C=O) groups is 1. The molecule has 0 unspecified atom stereocenters. The fraction of sp³-hybridized carbons (Fsp3) is 0.211. The van der Waals surface area contributed by atoms with Crippen molar-refractivity contribution in [1.29, 1.82) is 0 Å². The predicted molar refractivity (Wildman–Crippen MR) is 110 cm³/mol. The topological polar surface area (TPSA) is 102 Å². The van der Waals surface area contributed by atoms with Gasteiger partial charge in [-0.3, -0.25) is 14.9 Å². The highest BCUT2D eigenvalue weighted by Crippen LogP contribution is 2.23. The van der Waals surface area contributed by atoms with Crippen molar-refractivity contribution in [2.24, 2.45) is 5.10 Å². The van der Waals surface area contributed by atoms with E-state index >= 15 is 0 Å². The van der Waals surface area contributed by atoms with Crippen LogP contribution in [0, 0.1) is 10.1 Å². The summed E-state index contributed by atoms with van der Waals surface area (Å²) >= 11 is 1.35. The Kier molecular flexibility index (Phi) is 6.05. The maximum Gasteiger partial charge on any atom is 0.269 e. The minimum atomic E-state index is -0.459. The monoisotopic (exact) mass is 397 g/mol. The zero-order valence-electron chi connectivity index (χ0n) is 15.5. The third-order valence-corrected chi connectivity index (χ3v) is 5.09. The van der Waals surface area contributed by atoms with Crippen molar-refractivity contribution in [3.8, 4) is 0 Å². The number of imidazole rings is 1. The van der Waals surface area contributed by atoms with Gasteiger partial charge >= 0.3 is 0 Å². The van der Waals surface area contributed by atoms with Crippen molar-refractivity contribution in [2.45, 2.75) is 25.5 Å². The van der Waals surface area contributed by atoms with Gasteiger partial charge in [0.15, 0.2) is 5.16 Å². The number of benzene rings is 2. The Balaban J connectivity index is 1.61. The lowest BCUT2D eigenvalue weighted by atomic mass is 10.1. The predicted octanol–water partition coefficient (Wildman–Crippen LogP) is 3.60. The molecule has 144 valence electrons. The Hall–Kier alpha value is -3.20. The average molecular weight is 397 g/mol. The number of hydrogen-bond donors (Lipinski definition) is 1. The van der Waals surface area contributed by atoms with Crippen LogP contribution in [0.5, 0.6) is 0 Å². The average Bonchev–Trinajstić information content (AvgIpc) is 3.08. The van der Waals surface area contributed by atoms with Gasteiger partial charge in [0.05, 0.1) is 27.4 Å². The SMILES string of the molecule is CCn1c(SCC(=O)N/N=C(\C)c2ccc([N+](=O)[O-])cc2)nc2ccccc21. The summed E-state index contributed by atoms with van der Waals surface area (Å²) in [4.78, 5) is 27.0. The molecule has 0 aliphatic heterocycles. The van der Waals surface area contributed by atoms with E-state index < -0.39 is 4.92 Å². The first-order valence-corrected chi connectivity index (χ1v) is 9.64. The van der Waals surface area contributed by atoms with Crippen molar-refractivity contribution in [2.75, 3.05) is 5.75 Å². The van der Waals surface area contributed by atoms with E-state index in [-0.39, 0.29) is 17.3 Å². The molecule has 2 aromatic carbocycles. The molecule has 0 aliphatic rings. The Bertz CT molecular complexity index is 1040. The van der Waals surface area contributed by atoms with Crippen LogP contribution in [0.15, 0.2) is 58.8 Å². The van der Waals surface area contributed by atoms with Crippen LogP contribution < -0.4 is 5.43 Å². The number of rotatable bonds is 7. The van der Waals surface area contributed by atoms with Crippen LogP contribution in [-0.4, -0.2) is 31.8 Å². The Morgan fingerprint density at radius 2 is 1.96 bits per heavy atom. The summed E-state index contributed by atoms with van der Waals surface area (Å²) in [6, 6.07) is 13.9. The molecule has 0 atom stereocenters. The van der Waals surface area contributed by atoms with E-state index in [2.05, 4.69) is 20.1 Å². The molecule has 1 amide bonds. The molecule has 1 aromatic heterocycles. The zero-order chi connectivity index (χ0) is 20.1. The molecule has 1 heterocycles. The number of aryl methyl sites for hydroxylation is 1. The van der Waals surface area contributed by atoms with E-state index in [1.807, 2.05) is 31.2 Å². The third kappa shape index (κ3) is 4.37. The van der Waals surface area contributed by atoms with Gasteiger partial charge in [-0.05, 0) is 43.7 Å². The fourth-order valence-electron chi connectivity index (χ4n) is 2.67. The number of non-ortho nitro benzene ring substituents is 1. The smallest absolute Gasteiger partial charge is 0.269 e. The number of nitro groups is 1. The summed E-state index contributed by atoms with van der Waals surface area (Å²) in [5.74, 6) is -0.0682. The maximum atomic E-state index is 12.1. The van der Waals surface area contributed by atoms with Crippen LogP contribution in [0.2, 0.25) is 0 Å². The number of nitro benzene ring substituents is 1. The molecule has 8 nitrogen and oxygen atoms in total. The number of thioether (sulfide) groups is 1. The lowest BCUT2D eigenvalue weighted by Gasteiger charge is -2.05. The highest BCUT2D eigenvalue weighted by molar-refractivity contribution is 7.99. The lowest BCUT2D eigenvalue weighted by Crippen LogP contribution is -2.21. The van der Waals surface area contributed by atoms with Gasteiger partial charge in [0, 0.05) is 18.7 Å². The Morgan fingerprint density at radius 3 is 2.64 bits per heavy atom. The molecule has 0 bridgehead atoms. The molecule has 0 saturated heterocycles. The lowest BCUT2D eigenvalue weighted by molar-refractivity contribution is -0.384. The van der Waals surface area contributed by atoms with Crippen LogP contribution in [0.1, 0.15) is 19.4 Å². The summed E-state index contributed by atoms with van der Waals surface area (Å²) < 4.78 is 2.07. The van der Waals surface area contributed by atoms with E-state index in [1.54, 1.807) is 19.1 Å². The van der Waals surface area contributed by atoms with Crippen LogP contribution in [0.25, 0.3) is 11.0 Å². The zero-order valence-corrected chi connectivity index (χ0v) is 16.3. The number of carbonyl (C=O) groups excluding carboxylic acids is 1. The van der Waals surface area contributed by atoms with Crippen LogP contribution in [0.4, 0.5) is 5.69 Å². The Morgan fingerprint density at radius 1 is 1.25 bits per heavy atom. The number of aromatic nitrogens is 2. The first kappa shape index (κ1) is 19.6. The largest absolute Gasteiger partial charge is 0.319 e. The molecular formula is C19H19N5O3S. The van der Waals surface area contributed by atoms with Crippen molar-refractivity contribution in [1.82, 2.24) is 15.0 Å². The van der Waals surface area contributed by atoms with Gasteiger partial charge in [0.25, 0.3) is 11.6 Å². The summed E-state index contributed by atoms with van der Waals surface area (Å²) in [6.45, 7) is 4.53. The van der Waals surface area contributed by atoms with Gasteiger partial charge in [-0.25, -0.2) is 10.4 Å². The van der Waals surface area contributed by atoms with Gasteiger partial charge in [-0.1, -0.05) is 23.9 Å². The molecular weight excluding hydrogens is 378 g/mol. The first-order chi connectivity index (χ1) is 13.5. The van der Waals surface area contributed by atoms with Gasteiger partial charge < -0.3 is 4.57 Å². The molecule has 0 radical (unpaired) electrons. The van der Waals surface area contributed by atoms with Crippen molar-refractivity contribution in [3.63, 3.8) is 0 Å². The molecule has 3 rings (SSSR count). The van der Waals surface area contributed by atoms with Crippen molar-refractivity contribution < 1.29 is 9.72 Å². The number of para-hydroxylation sites is 2. The molecule has 3 aromatic rings. The molecule has 0 fully saturated rings. The number of fused-ring (bicyclic) bond motifs is 1. The Labute approximate surface area is 165 Å². The normalized spacial score (nSPS) is 11.6. The van der Waals surface area contributed by atoms with E-state index in [1.165, 1.54) is 23.9 Å². The number of nitrogens with one attached hydrogen (secondary N) is 1. The summed E-state index contributed by atoms with van der Waals surface area (Å²) in [6.07, 6.45) is 0. The highest BCUT2D eigenvalue weighted by atomic mass is 32.2. The minimum Gasteiger partial charge on any atom is -0.319 e. The molecule has 1 N–H and O–H groups in total. The van der Waals surface area contributed by atoms with E-state index in [9.17, 15) is 14.9 Å². The molecule has 0 saturated carbocycles.